The minimum Gasteiger partial charge on any atom is -0.396 e. The molecule has 1 aromatic carbocycles. The van der Waals surface area contributed by atoms with Gasteiger partial charge in [-0.2, -0.15) is 5.10 Å². The molecular formula is C12H16N2O. The van der Waals surface area contributed by atoms with Crippen molar-refractivity contribution in [1.29, 1.82) is 0 Å². The van der Waals surface area contributed by atoms with Gasteiger partial charge in [-0.1, -0.05) is 18.2 Å². The lowest BCUT2D eigenvalue weighted by molar-refractivity contribution is 0.296. The first-order valence-electron chi connectivity index (χ1n) is 5.33. The normalized spacial score (nSPS) is 11.1. The summed E-state index contributed by atoms with van der Waals surface area (Å²) >= 11 is 0. The van der Waals surface area contributed by atoms with Crippen molar-refractivity contribution in [1.82, 2.24) is 9.78 Å². The van der Waals surface area contributed by atoms with E-state index in [0.29, 0.717) is 6.42 Å². The maximum Gasteiger partial charge on any atom is 0.0955 e. The molecule has 1 aromatic heterocycles. The van der Waals surface area contributed by atoms with Crippen LogP contribution >= 0.6 is 0 Å². The number of fused-ring (bicyclic) bond motifs is 1. The molecule has 2 aromatic rings. The molecule has 0 saturated heterocycles. The molecule has 0 spiro atoms. The minimum absolute atomic E-state index is 0.175. The molecule has 15 heavy (non-hydrogen) atoms. The molecule has 0 aliphatic carbocycles. The van der Waals surface area contributed by atoms with Gasteiger partial charge in [0.2, 0.25) is 0 Å². The van der Waals surface area contributed by atoms with E-state index in [1.807, 2.05) is 10.7 Å². The number of benzene rings is 1. The number of nitrogens with zero attached hydrogens (tertiary/aromatic N) is 2. The summed E-state index contributed by atoms with van der Waals surface area (Å²) in [6.45, 7) is 5.17. The summed E-state index contributed by atoms with van der Waals surface area (Å²) in [4.78, 5) is 0. The Morgan fingerprint density at radius 2 is 2.20 bits per heavy atom. The molecule has 0 unspecified atom stereocenters. The van der Waals surface area contributed by atoms with Crippen molar-refractivity contribution in [2.24, 2.45) is 0 Å². The Labute approximate surface area is 89.3 Å². The summed E-state index contributed by atoms with van der Waals surface area (Å²) in [5.41, 5.74) is 3.39. The highest BCUT2D eigenvalue weighted by Crippen LogP contribution is 2.21. The molecule has 0 atom stereocenters. The first-order valence-corrected chi connectivity index (χ1v) is 5.33. The largest absolute Gasteiger partial charge is 0.396 e. The van der Waals surface area contributed by atoms with E-state index in [1.54, 1.807) is 0 Å². The van der Waals surface area contributed by atoms with Crippen molar-refractivity contribution in [3.05, 3.63) is 29.5 Å². The topological polar surface area (TPSA) is 38.0 Å². The molecule has 0 radical (unpaired) electrons. The summed E-state index contributed by atoms with van der Waals surface area (Å²) < 4.78 is 1.98. The predicted octanol–water partition coefficient (Wildman–Crippen LogP) is 1.90. The van der Waals surface area contributed by atoms with Crippen LogP contribution in [0.2, 0.25) is 0 Å². The van der Waals surface area contributed by atoms with Crippen LogP contribution in [0.15, 0.2) is 18.2 Å². The van der Waals surface area contributed by atoms with Gasteiger partial charge in [-0.3, -0.25) is 4.68 Å². The molecule has 1 N–H and O–H groups in total. The van der Waals surface area contributed by atoms with Gasteiger partial charge in [-0.25, -0.2) is 0 Å². The molecule has 3 nitrogen and oxygen atoms in total. The monoisotopic (exact) mass is 204 g/mol. The molecule has 80 valence electrons. The zero-order valence-electron chi connectivity index (χ0n) is 9.20. The van der Waals surface area contributed by atoms with Gasteiger partial charge in [0, 0.05) is 30.7 Å². The molecule has 0 saturated carbocycles. The summed E-state index contributed by atoms with van der Waals surface area (Å²) in [6, 6.07) is 6.19. The summed E-state index contributed by atoms with van der Waals surface area (Å²) in [5, 5.41) is 14.8. The van der Waals surface area contributed by atoms with E-state index in [9.17, 15) is 0 Å². The van der Waals surface area contributed by atoms with Crippen molar-refractivity contribution in [2.75, 3.05) is 6.61 Å². The van der Waals surface area contributed by atoms with Gasteiger partial charge in [0.15, 0.2) is 0 Å². The molecule has 0 fully saturated rings. The van der Waals surface area contributed by atoms with Crippen LogP contribution in [0, 0.1) is 6.92 Å². The van der Waals surface area contributed by atoms with Crippen LogP contribution in [-0.4, -0.2) is 21.5 Å². The standard InChI is InChI=1S/C12H16N2O/c1-3-14-11(7-8-15)10-6-4-5-9(2)12(10)13-14/h4-6,15H,3,7-8H2,1-2H3. The fraction of sp³-hybridized carbons (Fsp3) is 0.417. The lowest BCUT2D eigenvalue weighted by Gasteiger charge is -2.02. The van der Waals surface area contributed by atoms with Gasteiger partial charge in [0.25, 0.3) is 0 Å². The maximum absolute atomic E-state index is 9.05. The predicted molar refractivity (Wildman–Crippen MR) is 60.9 cm³/mol. The molecule has 0 aliphatic heterocycles. The maximum atomic E-state index is 9.05. The highest BCUT2D eigenvalue weighted by molar-refractivity contribution is 5.84. The van der Waals surface area contributed by atoms with Crippen LogP contribution in [0.5, 0.6) is 0 Å². The molecular weight excluding hydrogens is 188 g/mol. The van der Waals surface area contributed by atoms with E-state index in [2.05, 4.69) is 31.1 Å². The quantitative estimate of drug-likeness (QED) is 0.829. The zero-order valence-corrected chi connectivity index (χ0v) is 9.20. The van der Waals surface area contributed by atoms with Crippen LogP contribution in [0.1, 0.15) is 18.2 Å². The molecule has 2 rings (SSSR count). The van der Waals surface area contributed by atoms with E-state index >= 15 is 0 Å². The zero-order chi connectivity index (χ0) is 10.8. The minimum atomic E-state index is 0.175. The van der Waals surface area contributed by atoms with E-state index in [4.69, 9.17) is 5.11 Å². The Morgan fingerprint density at radius 3 is 2.87 bits per heavy atom. The van der Waals surface area contributed by atoms with E-state index < -0.39 is 0 Å². The highest BCUT2D eigenvalue weighted by Gasteiger charge is 2.10. The fourth-order valence-electron chi connectivity index (χ4n) is 1.98. The van der Waals surface area contributed by atoms with Crippen molar-refractivity contribution in [3.8, 4) is 0 Å². The third-order valence-electron chi connectivity index (χ3n) is 2.73. The van der Waals surface area contributed by atoms with Crippen LogP contribution < -0.4 is 0 Å². The second kappa shape index (κ2) is 4.03. The van der Waals surface area contributed by atoms with E-state index in [1.165, 1.54) is 10.9 Å². The summed E-state index contributed by atoms with van der Waals surface area (Å²) in [7, 11) is 0. The number of aromatic nitrogens is 2. The second-order valence-electron chi connectivity index (χ2n) is 3.71. The molecule has 3 heteroatoms. The number of aliphatic hydroxyl groups excluding tert-OH is 1. The fourth-order valence-corrected chi connectivity index (χ4v) is 1.98. The summed E-state index contributed by atoms with van der Waals surface area (Å²) in [5.74, 6) is 0. The van der Waals surface area contributed by atoms with Crippen LogP contribution in [0.25, 0.3) is 10.9 Å². The van der Waals surface area contributed by atoms with Gasteiger partial charge < -0.3 is 5.11 Å². The Kier molecular flexibility index (Phi) is 2.73. The first-order chi connectivity index (χ1) is 7.27. The van der Waals surface area contributed by atoms with Crippen molar-refractivity contribution >= 4 is 10.9 Å². The van der Waals surface area contributed by atoms with Gasteiger partial charge in [0.05, 0.1) is 5.52 Å². The van der Waals surface area contributed by atoms with Crippen LogP contribution in [-0.2, 0) is 13.0 Å². The Morgan fingerprint density at radius 1 is 1.40 bits per heavy atom. The van der Waals surface area contributed by atoms with Gasteiger partial charge in [0.1, 0.15) is 0 Å². The van der Waals surface area contributed by atoms with E-state index in [-0.39, 0.29) is 6.61 Å². The second-order valence-corrected chi connectivity index (χ2v) is 3.71. The lowest BCUT2D eigenvalue weighted by atomic mass is 10.1. The Bertz CT molecular complexity index is 474. The SMILES string of the molecule is CCn1nc2c(C)cccc2c1CCO. The molecule has 0 amide bonds. The van der Waals surface area contributed by atoms with Crippen LogP contribution in [0.4, 0.5) is 0 Å². The Hall–Kier alpha value is -1.35. The van der Waals surface area contributed by atoms with Crippen molar-refractivity contribution < 1.29 is 5.11 Å². The smallest absolute Gasteiger partial charge is 0.0955 e. The van der Waals surface area contributed by atoms with Crippen molar-refractivity contribution in [3.63, 3.8) is 0 Å². The average molecular weight is 204 g/mol. The van der Waals surface area contributed by atoms with Crippen LogP contribution in [0.3, 0.4) is 0 Å². The average Bonchev–Trinajstić information content (AvgIpc) is 2.59. The highest BCUT2D eigenvalue weighted by atomic mass is 16.3. The Balaban J connectivity index is 2.68. The third-order valence-corrected chi connectivity index (χ3v) is 2.73. The van der Waals surface area contributed by atoms with E-state index in [0.717, 1.165) is 17.8 Å². The molecule has 0 aliphatic rings. The van der Waals surface area contributed by atoms with Gasteiger partial charge >= 0.3 is 0 Å². The number of hydrogen-bond donors (Lipinski definition) is 1. The van der Waals surface area contributed by atoms with Gasteiger partial charge in [-0.15, -0.1) is 0 Å². The molecule has 1 heterocycles. The number of hydrogen-bond acceptors (Lipinski definition) is 2. The summed E-state index contributed by atoms with van der Waals surface area (Å²) in [6.07, 6.45) is 0.674. The lowest BCUT2D eigenvalue weighted by Crippen LogP contribution is -2.04. The van der Waals surface area contributed by atoms with Crippen molar-refractivity contribution in [2.45, 2.75) is 26.8 Å². The van der Waals surface area contributed by atoms with Gasteiger partial charge in [-0.05, 0) is 19.4 Å². The molecule has 0 bridgehead atoms. The number of aliphatic hydroxyl groups is 1. The first kappa shape index (κ1) is 10.2. The third kappa shape index (κ3) is 1.63. The number of rotatable bonds is 3. The number of aryl methyl sites for hydroxylation is 2.